The van der Waals surface area contributed by atoms with E-state index in [1.165, 1.54) is 29.1 Å². The van der Waals surface area contributed by atoms with E-state index in [2.05, 4.69) is 5.10 Å². The number of rotatable bonds is 2. The van der Waals surface area contributed by atoms with E-state index in [9.17, 15) is 8.78 Å². The lowest BCUT2D eigenvalue weighted by Gasteiger charge is -2.04. The highest BCUT2D eigenvalue weighted by Crippen LogP contribution is 2.18. The fourth-order valence-electron chi connectivity index (χ4n) is 1.34. The van der Waals surface area contributed by atoms with Crippen molar-refractivity contribution < 1.29 is 8.78 Å². The molecule has 0 saturated heterocycles. The molecule has 3 nitrogen and oxygen atoms in total. The van der Waals surface area contributed by atoms with Crippen LogP contribution < -0.4 is 5.73 Å². The molecule has 1 heterocycles. The van der Waals surface area contributed by atoms with Crippen LogP contribution in [0.4, 0.5) is 14.6 Å². The van der Waals surface area contributed by atoms with Crippen LogP contribution >= 0.6 is 11.6 Å². The number of halogens is 3. The van der Waals surface area contributed by atoms with E-state index in [-0.39, 0.29) is 22.9 Å². The number of nitrogens with two attached hydrogens (primary N) is 1. The molecule has 0 aliphatic rings. The monoisotopic (exact) mass is 243 g/mol. The third-order valence-electron chi connectivity index (χ3n) is 2.13. The van der Waals surface area contributed by atoms with Crippen LogP contribution in [0.2, 0.25) is 5.02 Å². The van der Waals surface area contributed by atoms with Gasteiger partial charge in [-0.25, -0.2) is 8.78 Å². The number of hydrogen-bond acceptors (Lipinski definition) is 2. The highest BCUT2D eigenvalue weighted by molar-refractivity contribution is 6.32. The van der Waals surface area contributed by atoms with Crippen molar-refractivity contribution in [2.24, 2.45) is 0 Å². The highest BCUT2D eigenvalue weighted by atomic mass is 35.5. The lowest BCUT2D eigenvalue weighted by Crippen LogP contribution is -2.05. The van der Waals surface area contributed by atoms with Crippen LogP contribution in [0, 0.1) is 11.6 Å². The first-order valence-corrected chi connectivity index (χ1v) is 4.87. The molecule has 0 amide bonds. The Hall–Kier alpha value is -1.62. The number of nitrogens with zero attached hydrogens (tertiary/aromatic N) is 2. The van der Waals surface area contributed by atoms with Gasteiger partial charge in [0.1, 0.15) is 16.7 Å². The third kappa shape index (κ3) is 1.99. The molecule has 6 heteroatoms. The fourth-order valence-corrected chi connectivity index (χ4v) is 1.49. The Morgan fingerprint density at radius 2 is 1.94 bits per heavy atom. The molecule has 84 valence electrons. The number of benzene rings is 1. The molecule has 1 aromatic heterocycles. The summed E-state index contributed by atoms with van der Waals surface area (Å²) in [4.78, 5) is 0. The van der Waals surface area contributed by atoms with Crippen molar-refractivity contribution >= 4 is 17.4 Å². The molecular formula is C10H8ClF2N3. The molecule has 0 aliphatic heterocycles. The molecule has 0 aliphatic carbocycles. The summed E-state index contributed by atoms with van der Waals surface area (Å²) in [5, 5.41) is 4.08. The van der Waals surface area contributed by atoms with E-state index in [0.717, 1.165) is 0 Å². The molecule has 0 saturated carbocycles. The summed E-state index contributed by atoms with van der Waals surface area (Å²) in [6.07, 6.45) is 1.42. The van der Waals surface area contributed by atoms with Crippen LogP contribution in [0.25, 0.3) is 0 Å². The molecule has 0 fully saturated rings. The van der Waals surface area contributed by atoms with E-state index < -0.39 is 11.6 Å². The first kappa shape index (κ1) is 10.9. The van der Waals surface area contributed by atoms with Crippen LogP contribution in [0.15, 0.2) is 24.4 Å². The zero-order valence-corrected chi connectivity index (χ0v) is 8.88. The fraction of sp³-hybridized carbons (Fsp3) is 0.100. The van der Waals surface area contributed by atoms with Crippen molar-refractivity contribution in [1.29, 1.82) is 0 Å². The quantitative estimate of drug-likeness (QED) is 0.881. The second-order valence-electron chi connectivity index (χ2n) is 3.26. The molecule has 1 aromatic carbocycles. The molecule has 0 unspecified atom stereocenters. The van der Waals surface area contributed by atoms with Crippen molar-refractivity contribution in [3.63, 3.8) is 0 Å². The zero-order chi connectivity index (χ0) is 11.7. The Labute approximate surface area is 95.4 Å². The van der Waals surface area contributed by atoms with Crippen LogP contribution in [-0.4, -0.2) is 9.78 Å². The van der Waals surface area contributed by atoms with Gasteiger partial charge in [-0.2, -0.15) is 5.10 Å². The van der Waals surface area contributed by atoms with Crippen molar-refractivity contribution in [3.8, 4) is 0 Å². The highest BCUT2D eigenvalue weighted by Gasteiger charge is 2.10. The van der Waals surface area contributed by atoms with Gasteiger partial charge in [0.15, 0.2) is 5.82 Å². The number of hydrogen-bond donors (Lipinski definition) is 1. The number of nitrogen functional groups attached to an aromatic ring is 1. The number of anilines is 1. The number of aromatic nitrogens is 2. The standard InChI is InChI=1S/C10H8ClF2N3/c11-7-5-16(15-10(7)14)4-6-8(12)2-1-3-9(6)13/h1-3,5H,4H2,(H2,14,15). The molecule has 0 atom stereocenters. The first-order chi connectivity index (χ1) is 7.58. The normalized spacial score (nSPS) is 10.7. The van der Waals surface area contributed by atoms with Crippen LogP contribution in [-0.2, 0) is 6.54 Å². The summed E-state index contributed by atoms with van der Waals surface area (Å²) in [5.74, 6) is -1.10. The van der Waals surface area contributed by atoms with Gasteiger partial charge < -0.3 is 5.73 Å². The summed E-state index contributed by atoms with van der Waals surface area (Å²) >= 11 is 5.68. The Morgan fingerprint density at radius 1 is 1.31 bits per heavy atom. The second-order valence-corrected chi connectivity index (χ2v) is 3.67. The van der Waals surface area contributed by atoms with Gasteiger partial charge in [-0.05, 0) is 12.1 Å². The predicted molar refractivity (Wildman–Crippen MR) is 57.1 cm³/mol. The maximum absolute atomic E-state index is 13.3. The lowest BCUT2D eigenvalue weighted by atomic mass is 10.2. The minimum absolute atomic E-state index is 0.0462. The smallest absolute Gasteiger partial charge is 0.164 e. The Morgan fingerprint density at radius 3 is 2.44 bits per heavy atom. The molecule has 16 heavy (non-hydrogen) atoms. The van der Waals surface area contributed by atoms with Crippen molar-refractivity contribution in [3.05, 3.63) is 46.6 Å². The largest absolute Gasteiger partial charge is 0.381 e. The van der Waals surface area contributed by atoms with Crippen molar-refractivity contribution in [2.75, 3.05) is 5.73 Å². The summed E-state index contributed by atoms with van der Waals surface area (Å²) in [5.41, 5.74) is 5.35. The molecule has 2 N–H and O–H groups in total. The summed E-state index contributed by atoms with van der Waals surface area (Å²) < 4.78 is 27.9. The zero-order valence-electron chi connectivity index (χ0n) is 8.12. The summed E-state index contributed by atoms with van der Waals surface area (Å²) in [6.45, 7) is -0.0462. The Kier molecular flexibility index (Phi) is 2.78. The van der Waals surface area contributed by atoms with Gasteiger partial charge in [0.25, 0.3) is 0 Å². The summed E-state index contributed by atoms with van der Waals surface area (Å²) in [6, 6.07) is 3.68. The van der Waals surface area contributed by atoms with Gasteiger partial charge in [0, 0.05) is 11.8 Å². The average Bonchev–Trinajstić information content (AvgIpc) is 2.53. The first-order valence-electron chi connectivity index (χ1n) is 4.49. The van der Waals surface area contributed by atoms with Gasteiger partial charge in [-0.3, -0.25) is 4.68 Å². The van der Waals surface area contributed by atoms with Crippen LogP contribution in [0.5, 0.6) is 0 Å². The van der Waals surface area contributed by atoms with Gasteiger partial charge >= 0.3 is 0 Å². The molecule has 2 aromatic rings. The van der Waals surface area contributed by atoms with Gasteiger partial charge in [0.2, 0.25) is 0 Å². The molecule has 2 rings (SSSR count). The lowest BCUT2D eigenvalue weighted by molar-refractivity contribution is 0.533. The minimum atomic E-state index is -0.620. The van der Waals surface area contributed by atoms with E-state index in [4.69, 9.17) is 17.3 Å². The molecule has 0 radical (unpaired) electrons. The Bertz CT molecular complexity index is 485. The van der Waals surface area contributed by atoms with E-state index >= 15 is 0 Å². The van der Waals surface area contributed by atoms with Crippen molar-refractivity contribution in [2.45, 2.75) is 6.54 Å². The average molecular weight is 244 g/mol. The third-order valence-corrected chi connectivity index (χ3v) is 2.42. The van der Waals surface area contributed by atoms with Crippen molar-refractivity contribution in [1.82, 2.24) is 9.78 Å². The SMILES string of the molecule is Nc1nn(Cc2c(F)cccc2F)cc1Cl. The van der Waals surface area contributed by atoms with E-state index in [1.807, 2.05) is 0 Å². The maximum Gasteiger partial charge on any atom is 0.164 e. The minimum Gasteiger partial charge on any atom is -0.381 e. The maximum atomic E-state index is 13.3. The van der Waals surface area contributed by atoms with Crippen LogP contribution in [0.3, 0.4) is 0 Å². The molecule has 0 spiro atoms. The van der Waals surface area contributed by atoms with E-state index in [1.54, 1.807) is 0 Å². The van der Waals surface area contributed by atoms with Gasteiger partial charge in [-0.15, -0.1) is 0 Å². The summed E-state index contributed by atoms with van der Waals surface area (Å²) in [7, 11) is 0. The van der Waals surface area contributed by atoms with E-state index in [0.29, 0.717) is 0 Å². The Balaban J connectivity index is 2.33. The molecular weight excluding hydrogens is 236 g/mol. The van der Waals surface area contributed by atoms with Crippen LogP contribution in [0.1, 0.15) is 5.56 Å². The molecule has 0 bridgehead atoms. The second kappa shape index (κ2) is 4.09. The predicted octanol–water partition coefficient (Wildman–Crippen LogP) is 2.45. The van der Waals surface area contributed by atoms with Gasteiger partial charge in [0.05, 0.1) is 6.54 Å². The van der Waals surface area contributed by atoms with Gasteiger partial charge in [-0.1, -0.05) is 17.7 Å². The topological polar surface area (TPSA) is 43.8 Å².